The van der Waals surface area contributed by atoms with Gasteiger partial charge in [0.25, 0.3) is 0 Å². The molecular formula is C26H33NO5. The molecule has 1 amide bonds. The fraction of sp³-hybridized carbons (Fsp3) is 0.423. The zero-order valence-electron chi connectivity index (χ0n) is 19.0. The van der Waals surface area contributed by atoms with Crippen LogP contribution in [-0.4, -0.2) is 55.6 Å². The first-order valence-electron chi connectivity index (χ1n) is 11.0. The molecule has 172 valence electrons. The smallest absolute Gasteiger partial charge is 0.410 e. The molecule has 1 fully saturated rings. The maximum atomic E-state index is 12.6. The van der Waals surface area contributed by atoms with Crippen LogP contribution in [0.25, 0.3) is 0 Å². The molecule has 0 radical (unpaired) electrons. The zero-order valence-corrected chi connectivity index (χ0v) is 19.0. The lowest BCUT2D eigenvalue weighted by atomic mass is 9.93. The van der Waals surface area contributed by atoms with E-state index >= 15 is 0 Å². The molecule has 1 heterocycles. The summed E-state index contributed by atoms with van der Waals surface area (Å²) in [5.41, 5.74) is 1.78. The van der Waals surface area contributed by atoms with E-state index in [9.17, 15) is 4.79 Å². The molecule has 3 rings (SSSR count). The summed E-state index contributed by atoms with van der Waals surface area (Å²) in [7, 11) is 0. The number of carbonyl (C=O) groups excluding carboxylic acids is 1. The fourth-order valence-electron chi connectivity index (χ4n) is 3.71. The Labute approximate surface area is 190 Å². The third kappa shape index (κ3) is 6.84. The van der Waals surface area contributed by atoms with Crippen LogP contribution in [0.4, 0.5) is 4.79 Å². The molecule has 2 aromatic carbocycles. The van der Waals surface area contributed by atoms with Crippen molar-refractivity contribution >= 4 is 6.09 Å². The molecule has 0 N–H and O–H groups in total. The highest BCUT2D eigenvalue weighted by Gasteiger charge is 2.40. The van der Waals surface area contributed by atoms with Crippen LogP contribution in [0.1, 0.15) is 25.0 Å². The lowest BCUT2D eigenvalue weighted by molar-refractivity contribution is 0.0488. The van der Waals surface area contributed by atoms with Gasteiger partial charge in [-0.05, 0) is 31.9 Å². The molecule has 0 bridgehead atoms. The maximum Gasteiger partial charge on any atom is 0.410 e. The van der Waals surface area contributed by atoms with Crippen LogP contribution in [-0.2, 0) is 27.2 Å². The van der Waals surface area contributed by atoms with Crippen molar-refractivity contribution in [2.75, 3.05) is 33.0 Å². The van der Waals surface area contributed by atoms with Gasteiger partial charge in [-0.25, -0.2) is 4.79 Å². The van der Waals surface area contributed by atoms with E-state index in [1.165, 1.54) is 5.56 Å². The summed E-state index contributed by atoms with van der Waals surface area (Å²) in [6.07, 6.45) is 1.85. The summed E-state index contributed by atoms with van der Waals surface area (Å²) in [6.45, 7) is 10.5. The van der Waals surface area contributed by atoms with E-state index in [1.54, 1.807) is 11.0 Å². The Morgan fingerprint density at radius 3 is 2.59 bits per heavy atom. The van der Waals surface area contributed by atoms with Crippen molar-refractivity contribution in [1.29, 1.82) is 0 Å². The van der Waals surface area contributed by atoms with Crippen LogP contribution in [0.5, 0.6) is 5.75 Å². The Kier molecular flexibility index (Phi) is 8.71. The van der Waals surface area contributed by atoms with Gasteiger partial charge >= 0.3 is 6.09 Å². The Morgan fingerprint density at radius 2 is 1.81 bits per heavy atom. The van der Waals surface area contributed by atoms with Crippen molar-refractivity contribution in [3.05, 3.63) is 78.4 Å². The van der Waals surface area contributed by atoms with E-state index in [0.717, 1.165) is 17.7 Å². The van der Waals surface area contributed by atoms with E-state index in [-0.39, 0.29) is 17.7 Å². The van der Waals surface area contributed by atoms with Crippen molar-refractivity contribution in [3.8, 4) is 5.75 Å². The van der Waals surface area contributed by atoms with Crippen molar-refractivity contribution < 1.29 is 23.7 Å². The second-order valence-corrected chi connectivity index (χ2v) is 8.43. The number of hydrogen-bond acceptors (Lipinski definition) is 5. The Hall–Kier alpha value is -2.83. The fourth-order valence-corrected chi connectivity index (χ4v) is 3.71. The number of benzene rings is 2. The topological polar surface area (TPSA) is 57.2 Å². The quantitative estimate of drug-likeness (QED) is 0.337. The number of rotatable bonds is 13. The van der Waals surface area contributed by atoms with Crippen molar-refractivity contribution in [1.82, 2.24) is 4.90 Å². The molecule has 0 aliphatic carbocycles. The highest BCUT2D eigenvalue weighted by atomic mass is 16.6. The highest BCUT2D eigenvalue weighted by molar-refractivity contribution is 5.71. The molecule has 0 aromatic heterocycles. The lowest BCUT2D eigenvalue weighted by Gasteiger charge is -2.33. The van der Waals surface area contributed by atoms with Crippen LogP contribution in [0.3, 0.4) is 0 Å². The van der Waals surface area contributed by atoms with Crippen molar-refractivity contribution in [2.45, 2.75) is 38.5 Å². The van der Waals surface area contributed by atoms with E-state index in [2.05, 4.69) is 32.6 Å². The second-order valence-electron chi connectivity index (χ2n) is 8.43. The standard InChI is InChI=1S/C26H33NO5/c1-4-14-29-15-16-30-19-22-12-8-9-13-24(22)31-20-23-18-27(25(28)32-23)26(2,3)17-21-10-6-5-7-11-21/h4-13,23H,1,14-20H2,2-3H3. The summed E-state index contributed by atoms with van der Waals surface area (Å²) in [5, 5.41) is 0. The predicted molar refractivity (Wildman–Crippen MR) is 124 cm³/mol. The zero-order chi connectivity index (χ0) is 22.8. The van der Waals surface area contributed by atoms with Crippen LogP contribution in [0, 0.1) is 0 Å². The first-order chi connectivity index (χ1) is 15.5. The van der Waals surface area contributed by atoms with Gasteiger partial charge < -0.3 is 18.9 Å². The Bertz CT molecular complexity index is 868. The summed E-state index contributed by atoms with van der Waals surface area (Å²) in [6, 6.07) is 17.9. The molecule has 1 aliphatic heterocycles. The molecule has 2 aromatic rings. The summed E-state index contributed by atoms with van der Waals surface area (Å²) >= 11 is 0. The van der Waals surface area contributed by atoms with Gasteiger partial charge in [0.05, 0.1) is 33.0 Å². The number of hydrogen-bond donors (Lipinski definition) is 0. The minimum absolute atomic E-state index is 0.295. The van der Waals surface area contributed by atoms with Crippen LogP contribution in [0.2, 0.25) is 0 Å². The van der Waals surface area contributed by atoms with Gasteiger partial charge in [-0.3, -0.25) is 4.90 Å². The van der Waals surface area contributed by atoms with Gasteiger partial charge in [-0.2, -0.15) is 0 Å². The van der Waals surface area contributed by atoms with E-state index in [0.29, 0.717) is 39.6 Å². The minimum atomic E-state index is -0.355. The lowest BCUT2D eigenvalue weighted by Crippen LogP contribution is -2.46. The number of nitrogens with zero attached hydrogens (tertiary/aromatic N) is 1. The summed E-state index contributed by atoms with van der Waals surface area (Å²) in [4.78, 5) is 14.4. The van der Waals surface area contributed by atoms with Crippen LogP contribution < -0.4 is 4.74 Å². The average molecular weight is 440 g/mol. The normalized spacial score (nSPS) is 16.1. The largest absolute Gasteiger partial charge is 0.489 e. The first-order valence-corrected chi connectivity index (χ1v) is 11.0. The first kappa shape index (κ1) is 23.8. The van der Waals surface area contributed by atoms with Crippen LogP contribution in [0.15, 0.2) is 67.3 Å². The molecular weight excluding hydrogens is 406 g/mol. The van der Waals surface area contributed by atoms with Gasteiger partial charge in [0.15, 0.2) is 6.10 Å². The van der Waals surface area contributed by atoms with Gasteiger partial charge in [0.1, 0.15) is 12.4 Å². The predicted octanol–water partition coefficient (Wildman–Crippen LogP) is 4.63. The van der Waals surface area contributed by atoms with Gasteiger partial charge in [0.2, 0.25) is 0 Å². The van der Waals surface area contributed by atoms with Gasteiger partial charge in [-0.1, -0.05) is 54.6 Å². The summed E-state index contributed by atoms with van der Waals surface area (Å²) < 4.78 is 22.6. The van der Waals surface area contributed by atoms with E-state index in [1.807, 2.05) is 42.5 Å². The molecule has 6 nitrogen and oxygen atoms in total. The highest BCUT2D eigenvalue weighted by Crippen LogP contribution is 2.27. The monoisotopic (exact) mass is 439 g/mol. The Morgan fingerprint density at radius 1 is 1.09 bits per heavy atom. The third-order valence-electron chi connectivity index (χ3n) is 5.35. The van der Waals surface area contributed by atoms with Crippen molar-refractivity contribution in [2.24, 2.45) is 0 Å². The number of amides is 1. The Balaban J connectivity index is 1.50. The number of para-hydroxylation sites is 1. The SMILES string of the molecule is C=CCOCCOCc1ccccc1OCC1CN(C(C)(C)Cc2ccccc2)C(=O)O1. The summed E-state index contributed by atoms with van der Waals surface area (Å²) in [5.74, 6) is 0.734. The van der Waals surface area contributed by atoms with Crippen molar-refractivity contribution in [3.63, 3.8) is 0 Å². The van der Waals surface area contributed by atoms with Gasteiger partial charge in [-0.15, -0.1) is 6.58 Å². The molecule has 0 spiro atoms. The van der Waals surface area contributed by atoms with E-state index < -0.39 is 0 Å². The molecule has 1 unspecified atom stereocenters. The van der Waals surface area contributed by atoms with E-state index in [4.69, 9.17) is 18.9 Å². The molecule has 1 aliphatic rings. The number of carbonyl (C=O) groups is 1. The molecule has 1 saturated heterocycles. The molecule has 6 heteroatoms. The number of cyclic esters (lactones) is 1. The second kappa shape index (κ2) is 11.7. The average Bonchev–Trinajstić information content (AvgIpc) is 3.17. The maximum absolute atomic E-state index is 12.6. The van der Waals surface area contributed by atoms with Crippen LogP contribution >= 0.6 is 0 Å². The third-order valence-corrected chi connectivity index (χ3v) is 5.35. The number of ether oxygens (including phenoxy) is 4. The molecule has 0 saturated carbocycles. The minimum Gasteiger partial charge on any atom is -0.489 e. The molecule has 32 heavy (non-hydrogen) atoms. The molecule has 1 atom stereocenters. The van der Waals surface area contributed by atoms with Gasteiger partial charge in [0, 0.05) is 11.1 Å².